The maximum Gasteiger partial charge on any atom is 0.410 e. The highest BCUT2D eigenvalue weighted by Crippen LogP contribution is 2.34. The van der Waals surface area contributed by atoms with Gasteiger partial charge in [-0.3, -0.25) is 0 Å². The van der Waals surface area contributed by atoms with Crippen molar-refractivity contribution in [2.24, 2.45) is 0 Å². The van der Waals surface area contributed by atoms with E-state index in [4.69, 9.17) is 4.74 Å². The fourth-order valence-electron chi connectivity index (χ4n) is 2.54. The summed E-state index contributed by atoms with van der Waals surface area (Å²) in [4.78, 5) is 13.8. The average molecular weight is 309 g/mol. The van der Waals surface area contributed by atoms with Crippen molar-refractivity contribution in [3.63, 3.8) is 0 Å². The fraction of sp³-hybridized carbons (Fsp3) is 0.923. The highest BCUT2D eigenvalue weighted by Gasteiger charge is 2.41. The Kier molecular flexibility index (Phi) is 5.05. The Morgan fingerprint density at radius 3 is 2.50 bits per heavy atom. The summed E-state index contributed by atoms with van der Waals surface area (Å²) in [6, 6.07) is 0. The molecule has 1 saturated heterocycles. The highest BCUT2D eigenvalue weighted by molar-refractivity contribution is 7.86. The molecule has 0 aliphatic carbocycles. The Hall–Kier alpha value is -0.850. The van der Waals surface area contributed by atoms with Crippen molar-refractivity contribution in [2.75, 3.05) is 12.3 Å². The van der Waals surface area contributed by atoms with E-state index >= 15 is 0 Å². The molecular formula is C13H24FNO4S. The number of likely N-dealkylation sites (tertiary alicyclic amines) is 1. The average Bonchev–Trinajstić information content (AvgIpc) is 2.55. The maximum absolute atomic E-state index is 12.5. The Balaban J connectivity index is 2.65. The van der Waals surface area contributed by atoms with Crippen LogP contribution in [-0.2, 0) is 15.0 Å². The molecule has 0 aromatic carbocycles. The van der Waals surface area contributed by atoms with Gasteiger partial charge in [-0.25, -0.2) is 4.79 Å². The molecule has 5 nitrogen and oxygen atoms in total. The third kappa shape index (κ3) is 5.26. The lowest BCUT2D eigenvalue weighted by atomic mass is 9.93. The van der Waals surface area contributed by atoms with Gasteiger partial charge in [0, 0.05) is 12.1 Å². The SMILES string of the molecule is CC(C)(C)OC(=O)N1CCCC1(C)CCCS(=O)(=O)F. The molecule has 1 aliphatic rings. The topological polar surface area (TPSA) is 63.7 Å². The molecular weight excluding hydrogens is 285 g/mol. The first-order chi connectivity index (χ1) is 8.93. The second-order valence-electron chi connectivity index (χ2n) is 6.58. The third-order valence-electron chi connectivity index (χ3n) is 3.47. The number of nitrogens with zero attached hydrogens (tertiary/aromatic N) is 1. The summed E-state index contributed by atoms with van der Waals surface area (Å²) < 4.78 is 39.0. The molecule has 7 heteroatoms. The van der Waals surface area contributed by atoms with Crippen LogP contribution in [0, 0.1) is 0 Å². The van der Waals surface area contributed by atoms with E-state index in [1.165, 1.54) is 0 Å². The summed E-state index contributed by atoms with van der Waals surface area (Å²) in [6.07, 6.45) is 1.89. The van der Waals surface area contributed by atoms with E-state index in [0.717, 1.165) is 12.8 Å². The van der Waals surface area contributed by atoms with Crippen molar-refractivity contribution in [2.45, 2.75) is 64.5 Å². The first kappa shape index (κ1) is 17.2. The molecule has 1 atom stereocenters. The van der Waals surface area contributed by atoms with E-state index in [-0.39, 0.29) is 12.5 Å². The number of amides is 1. The molecule has 0 aromatic heterocycles. The van der Waals surface area contributed by atoms with Gasteiger partial charge >= 0.3 is 16.3 Å². The maximum atomic E-state index is 12.5. The molecule has 1 aliphatic heterocycles. The molecule has 0 spiro atoms. The Morgan fingerprint density at radius 2 is 2.00 bits per heavy atom. The minimum Gasteiger partial charge on any atom is -0.444 e. The van der Waals surface area contributed by atoms with Crippen LogP contribution in [0.15, 0.2) is 0 Å². The molecule has 0 saturated carbocycles. The fourth-order valence-corrected chi connectivity index (χ4v) is 3.03. The summed E-state index contributed by atoms with van der Waals surface area (Å²) in [5, 5.41) is 0. The molecule has 0 radical (unpaired) electrons. The number of ether oxygens (including phenoxy) is 1. The van der Waals surface area contributed by atoms with Crippen LogP contribution in [0.1, 0.15) is 53.4 Å². The summed E-state index contributed by atoms with van der Waals surface area (Å²) in [7, 11) is -4.44. The van der Waals surface area contributed by atoms with Gasteiger partial charge < -0.3 is 9.64 Å². The molecule has 0 N–H and O–H groups in total. The van der Waals surface area contributed by atoms with Gasteiger partial charge in [0.1, 0.15) is 5.60 Å². The van der Waals surface area contributed by atoms with Gasteiger partial charge in [-0.15, -0.1) is 3.89 Å². The van der Waals surface area contributed by atoms with Crippen LogP contribution in [0.4, 0.5) is 8.68 Å². The molecule has 1 heterocycles. The van der Waals surface area contributed by atoms with Gasteiger partial charge in [0.05, 0.1) is 5.75 Å². The van der Waals surface area contributed by atoms with Crippen molar-refractivity contribution in [1.82, 2.24) is 4.90 Å². The van der Waals surface area contributed by atoms with Crippen molar-refractivity contribution >= 4 is 16.3 Å². The first-order valence-corrected chi connectivity index (χ1v) is 8.41. The molecule has 1 rings (SSSR count). The molecule has 20 heavy (non-hydrogen) atoms. The largest absolute Gasteiger partial charge is 0.444 e. The number of rotatable bonds is 4. The summed E-state index contributed by atoms with van der Waals surface area (Å²) in [6.45, 7) is 7.89. The Labute approximate surface area is 120 Å². The molecule has 0 bridgehead atoms. The quantitative estimate of drug-likeness (QED) is 0.749. The van der Waals surface area contributed by atoms with E-state index in [9.17, 15) is 17.1 Å². The predicted molar refractivity (Wildman–Crippen MR) is 74.7 cm³/mol. The first-order valence-electron chi connectivity index (χ1n) is 6.86. The van der Waals surface area contributed by atoms with Crippen LogP contribution in [0.3, 0.4) is 0 Å². The van der Waals surface area contributed by atoms with E-state index in [2.05, 4.69) is 0 Å². The number of hydrogen-bond donors (Lipinski definition) is 0. The molecule has 1 unspecified atom stereocenters. The van der Waals surface area contributed by atoms with Gasteiger partial charge in [0.25, 0.3) is 0 Å². The number of halogens is 1. The zero-order valence-corrected chi connectivity index (χ0v) is 13.4. The molecule has 0 aromatic rings. The highest BCUT2D eigenvalue weighted by atomic mass is 32.3. The van der Waals surface area contributed by atoms with Gasteiger partial charge in [0.15, 0.2) is 0 Å². The van der Waals surface area contributed by atoms with Gasteiger partial charge in [-0.1, -0.05) is 0 Å². The van der Waals surface area contributed by atoms with Crippen LogP contribution in [0.25, 0.3) is 0 Å². The standard InChI is InChI=1S/C13H24FNO4S/c1-12(2,3)19-11(16)15-9-5-7-13(15,4)8-6-10-20(14,17)18/h5-10H2,1-4H3. The lowest BCUT2D eigenvalue weighted by molar-refractivity contribution is 0.00933. The van der Waals surface area contributed by atoms with Gasteiger partial charge in [-0.05, 0) is 53.4 Å². The Morgan fingerprint density at radius 1 is 1.40 bits per heavy atom. The number of carbonyl (C=O) groups is 1. The smallest absolute Gasteiger partial charge is 0.410 e. The van der Waals surface area contributed by atoms with Crippen LogP contribution >= 0.6 is 0 Å². The van der Waals surface area contributed by atoms with Crippen LogP contribution in [0.2, 0.25) is 0 Å². The minimum absolute atomic E-state index is 0.203. The van der Waals surface area contributed by atoms with Gasteiger partial charge in [-0.2, -0.15) is 8.42 Å². The number of carbonyl (C=O) groups excluding carboxylic acids is 1. The molecule has 1 amide bonds. The van der Waals surface area contributed by atoms with E-state index < -0.39 is 27.1 Å². The Bertz CT molecular complexity index is 457. The zero-order valence-electron chi connectivity index (χ0n) is 12.6. The van der Waals surface area contributed by atoms with Crippen LogP contribution in [-0.4, -0.2) is 42.8 Å². The van der Waals surface area contributed by atoms with Crippen LogP contribution in [0.5, 0.6) is 0 Å². The number of hydrogen-bond acceptors (Lipinski definition) is 4. The molecule has 1 fully saturated rings. The van der Waals surface area contributed by atoms with Crippen molar-refractivity contribution in [3.8, 4) is 0 Å². The van der Waals surface area contributed by atoms with Crippen molar-refractivity contribution in [1.29, 1.82) is 0 Å². The van der Waals surface area contributed by atoms with Gasteiger partial charge in [0.2, 0.25) is 0 Å². The molecule has 118 valence electrons. The summed E-state index contributed by atoms with van der Waals surface area (Å²) in [5.74, 6) is -0.495. The van der Waals surface area contributed by atoms with Crippen molar-refractivity contribution < 1.29 is 21.8 Å². The van der Waals surface area contributed by atoms with Crippen LogP contribution < -0.4 is 0 Å². The lowest BCUT2D eigenvalue weighted by Gasteiger charge is -2.36. The second kappa shape index (κ2) is 5.87. The predicted octanol–water partition coefficient (Wildman–Crippen LogP) is 2.86. The monoisotopic (exact) mass is 309 g/mol. The summed E-state index contributed by atoms with van der Waals surface area (Å²) >= 11 is 0. The third-order valence-corrected chi connectivity index (χ3v) is 4.24. The lowest BCUT2D eigenvalue weighted by Crippen LogP contribution is -2.47. The minimum atomic E-state index is -4.44. The van der Waals surface area contributed by atoms with E-state index in [0.29, 0.717) is 13.0 Å². The zero-order chi connectivity index (χ0) is 15.6. The van der Waals surface area contributed by atoms with E-state index in [1.54, 1.807) is 25.7 Å². The summed E-state index contributed by atoms with van der Waals surface area (Å²) in [5.41, 5.74) is -1.02. The normalized spacial score (nSPS) is 23.9. The van der Waals surface area contributed by atoms with Crippen molar-refractivity contribution in [3.05, 3.63) is 0 Å². The van der Waals surface area contributed by atoms with E-state index in [1.807, 2.05) is 6.92 Å². The second-order valence-corrected chi connectivity index (χ2v) is 8.06.